The van der Waals surface area contributed by atoms with Gasteiger partial charge in [-0.15, -0.1) is 0 Å². The predicted octanol–water partition coefficient (Wildman–Crippen LogP) is 7.75. The Morgan fingerprint density at radius 3 is 2.20 bits per heavy atom. The van der Waals surface area contributed by atoms with Crippen molar-refractivity contribution in [1.29, 1.82) is 0 Å². The molecule has 0 saturated carbocycles. The summed E-state index contributed by atoms with van der Waals surface area (Å²) in [6.45, 7) is 0. The van der Waals surface area contributed by atoms with E-state index in [0.717, 1.165) is 32.1 Å². The Labute approximate surface area is 236 Å². The number of rotatable bonds is 3. The summed E-state index contributed by atoms with van der Waals surface area (Å²) in [5.41, 5.74) is 11.1. The molecule has 0 spiro atoms. The number of aromatic nitrogens is 1. The van der Waals surface area contributed by atoms with Crippen LogP contribution in [-0.2, 0) is 5.54 Å². The minimum atomic E-state index is -0.493. The van der Waals surface area contributed by atoms with Gasteiger partial charge in [-0.25, -0.2) is 0 Å². The average molecular weight is 516 g/mol. The summed E-state index contributed by atoms with van der Waals surface area (Å²) in [6, 6.07) is 24.6. The highest BCUT2D eigenvalue weighted by atomic mass is 15.2. The van der Waals surface area contributed by atoms with Gasteiger partial charge in [-0.3, -0.25) is 0 Å². The van der Waals surface area contributed by atoms with Gasteiger partial charge in [-0.2, -0.15) is 4.57 Å². The second-order valence-corrected chi connectivity index (χ2v) is 11.1. The zero-order valence-corrected chi connectivity index (χ0v) is 22.6. The molecule has 1 atom stereocenters. The zero-order valence-electron chi connectivity index (χ0n) is 22.6. The normalized spacial score (nSPS) is 20.4. The summed E-state index contributed by atoms with van der Waals surface area (Å²) < 4.78 is 2.48. The van der Waals surface area contributed by atoms with Crippen LogP contribution in [0, 0.1) is 11.8 Å². The van der Waals surface area contributed by atoms with Crippen LogP contribution in [-0.4, -0.2) is 10.9 Å². The number of nitrogens with zero attached hydrogens (tertiary/aromatic N) is 2. The van der Waals surface area contributed by atoms with E-state index in [-0.39, 0.29) is 0 Å². The Balaban J connectivity index is 1.22. The number of benzene rings is 2. The van der Waals surface area contributed by atoms with E-state index >= 15 is 0 Å². The molecule has 1 unspecified atom stereocenters. The molecule has 0 fully saturated rings. The largest absolute Gasteiger partial charge is 0.338 e. The molecule has 0 N–H and O–H groups in total. The van der Waals surface area contributed by atoms with Gasteiger partial charge in [0.05, 0.1) is 28.3 Å². The van der Waals surface area contributed by atoms with Crippen LogP contribution in [0.3, 0.4) is 0 Å². The molecular weight excluding hydrogens is 484 g/mol. The lowest BCUT2D eigenvalue weighted by atomic mass is 9.82. The van der Waals surface area contributed by atoms with Crippen molar-refractivity contribution in [3.05, 3.63) is 150 Å². The lowest BCUT2D eigenvalue weighted by Crippen LogP contribution is -2.52. The first-order valence-electron chi connectivity index (χ1n) is 14.5. The van der Waals surface area contributed by atoms with Crippen molar-refractivity contribution < 1.29 is 4.57 Å². The van der Waals surface area contributed by atoms with E-state index in [0.29, 0.717) is 6.04 Å². The molecule has 0 bridgehead atoms. The molecule has 0 saturated heterocycles. The fourth-order valence-electron chi connectivity index (χ4n) is 7.12. The van der Waals surface area contributed by atoms with Gasteiger partial charge >= 0.3 is 0 Å². The van der Waals surface area contributed by atoms with Crippen molar-refractivity contribution >= 4 is 0 Å². The molecule has 2 aliphatic heterocycles. The van der Waals surface area contributed by atoms with Crippen molar-refractivity contribution in [2.75, 3.05) is 0 Å². The van der Waals surface area contributed by atoms with Crippen LogP contribution in [0.2, 0.25) is 0 Å². The monoisotopic (exact) mass is 515 g/mol. The highest BCUT2D eigenvalue weighted by Gasteiger charge is 2.58. The first-order chi connectivity index (χ1) is 19.8. The van der Waals surface area contributed by atoms with Crippen molar-refractivity contribution in [2.45, 2.75) is 43.7 Å². The fraction of sp³-hybridized carbons (Fsp3) is 0.184. The topological polar surface area (TPSA) is 7.12 Å². The molecule has 2 heteroatoms. The van der Waals surface area contributed by atoms with Gasteiger partial charge in [0, 0.05) is 29.1 Å². The smallest absolute Gasteiger partial charge is 0.282 e. The lowest BCUT2D eigenvalue weighted by molar-refractivity contribution is -0.697. The minimum absolute atomic E-state index is 0.362. The van der Waals surface area contributed by atoms with Crippen LogP contribution in [0.25, 0.3) is 22.5 Å². The van der Waals surface area contributed by atoms with Gasteiger partial charge in [-0.05, 0) is 86.6 Å². The van der Waals surface area contributed by atoms with Crippen molar-refractivity contribution in [3.8, 4) is 34.4 Å². The molecule has 8 rings (SSSR count). The molecule has 5 aliphatic rings. The minimum Gasteiger partial charge on any atom is -0.338 e. The third-order valence-electron chi connectivity index (χ3n) is 8.90. The third kappa shape index (κ3) is 3.41. The zero-order chi connectivity index (χ0) is 26.5. The molecule has 40 heavy (non-hydrogen) atoms. The molecular formula is C38H31N2+. The number of fused-ring (bicyclic) bond motifs is 6. The van der Waals surface area contributed by atoms with Gasteiger partial charge in [0.2, 0.25) is 11.4 Å². The van der Waals surface area contributed by atoms with Gasteiger partial charge in [-0.1, -0.05) is 66.6 Å². The van der Waals surface area contributed by atoms with E-state index in [1.54, 1.807) is 0 Å². The van der Waals surface area contributed by atoms with Crippen molar-refractivity contribution in [2.24, 2.45) is 0 Å². The van der Waals surface area contributed by atoms with Crippen molar-refractivity contribution in [3.63, 3.8) is 0 Å². The van der Waals surface area contributed by atoms with E-state index in [9.17, 15) is 0 Å². The number of hydrogen-bond donors (Lipinski definition) is 0. The van der Waals surface area contributed by atoms with Crippen LogP contribution in [0.5, 0.6) is 0 Å². The van der Waals surface area contributed by atoms with Gasteiger partial charge in [0.1, 0.15) is 0 Å². The van der Waals surface area contributed by atoms with Crippen molar-refractivity contribution in [1.82, 2.24) is 4.90 Å². The number of hydrogen-bond acceptors (Lipinski definition) is 1. The third-order valence-corrected chi connectivity index (χ3v) is 8.90. The summed E-state index contributed by atoms with van der Waals surface area (Å²) in [5.74, 6) is 7.57. The standard InChI is InChI=1S/C38H31N2/c1-3-12-29(13-4-1)39(30-14-5-2-6-15-30)31-24-22-28(23-25-31)26-27-38-34-18-9-7-16-32(34)36-20-11-21-37(40(36)38)33-17-8-10-19-35(33)38/h1,3-5,7-12,14-22,24,29H,2,6,13,23,25H2/q+1. The second kappa shape index (κ2) is 9.25. The molecule has 2 aromatic carbocycles. The molecule has 2 nitrogen and oxygen atoms in total. The fourth-order valence-corrected chi connectivity index (χ4v) is 7.12. The lowest BCUT2D eigenvalue weighted by Gasteiger charge is -2.37. The first-order valence-corrected chi connectivity index (χ1v) is 14.5. The maximum atomic E-state index is 3.86. The number of allylic oxidation sites excluding steroid dienone is 9. The maximum absolute atomic E-state index is 3.86. The molecule has 1 aromatic heterocycles. The average Bonchev–Trinajstić information content (AvgIpc) is 3.49. The Hall–Kier alpha value is -4.61. The predicted molar refractivity (Wildman–Crippen MR) is 162 cm³/mol. The Morgan fingerprint density at radius 1 is 0.775 bits per heavy atom. The van der Waals surface area contributed by atoms with Crippen LogP contribution >= 0.6 is 0 Å². The summed E-state index contributed by atoms with van der Waals surface area (Å²) in [7, 11) is 0. The molecule has 0 radical (unpaired) electrons. The highest BCUT2D eigenvalue weighted by molar-refractivity contribution is 5.79. The van der Waals surface area contributed by atoms with Crippen LogP contribution < -0.4 is 4.57 Å². The second-order valence-electron chi connectivity index (χ2n) is 11.1. The molecule has 3 heterocycles. The SMILES string of the molecule is C(#CC12c3ccccc3-c3cccc([n+]31)-c1ccccc12)C1=CC=C(N(C2=CCCC=C2)C2C=CC=CC2)CC1. The molecule has 192 valence electrons. The number of pyridine rings is 1. The molecule has 0 amide bonds. The van der Waals surface area contributed by atoms with Gasteiger partial charge in [0.15, 0.2) is 0 Å². The highest BCUT2D eigenvalue weighted by Crippen LogP contribution is 2.49. The van der Waals surface area contributed by atoms with E-state index in [1.807, 2.05) is 0 Å². The summed E-state index contributed by atoms with van der Waals surface area (Å²) in [4.78, 5) is 2.55. The molecule has 3 aliphatic carbocycles. The van der Waals surface area contributed by atoms with E-state index < -0.39 is 5.54 Å². The summed E-state index contributed by atoms with van der Waals surface area (Å²) >= 11 is 0. The summed E-state index contributed by atoms with van der Waals surface area (Å²) in [6.07, 6.45) is 25.8. The van der Waals surface area contributed by atoms with E-state index in [4.69, 9.17) is 0 Å². The summed E-state index contributed by atoms with van der Waals surface area (Å²) in [5, 5.41) is 0. The Morgan fingerprint density at radius 2 is 1.55 bits per heavy atom. The quantitative estimate of drug-likeness (QED) is 0.255. The van der Waals surface area contributed by atoms with Crippen LogP contribution in [0.1, 0.15) is 43.2 Å². The maximum Gasteiger partial charge on any atom is 0.282 e. The Kier molecular flexibility index (Phi) is 5.39. The van der Waals surface area contributed by atoms with Crippen LogP contribution in [0.15, 0.2) is 138 Å². The van der Waals surface area contributed by atoms with Gasteiger partial charge in [0.25, 0.3) is 5.54 Å². The van der Waals surface area contributed by atoms with Gasteiger partial charge < -0.3 is 4.90 Å². The van der Waals surface area contributed by atoms with E-state index in [2.05, 4.69) is 143 Å². The van der Waals surface area contributed by atoms with E-state index in [1.165, 1.54) is 50.6 Å². The molecule has 3 aromatic rings. The van der Waals surface area contributed by atoms with Crippen LogP contribution in [0.4, 0.5) is 0 Å². The first kappa shape index (κ1) is 23.3. The Bertz CT molecular complexity index is 1730.